The number of nitriles is 1. The third-order valence-electron chi connectivity index (χ3n) is 1.64. The Labute approximate surface area is 114 Å². The van der Waals surface area contributed by atoms with E-state index >= 15 is 0 Å². The van der Waals surface area contributed by atoms with E-state index < -0.39 is 29.3 Å². The van der Waals surface area contributed by atoms with Crippen LogP contribution in [0.1, 0.15) is 48.0 Å². The van der Waals surface area contributed by atoms with Crippen molar-refractivity contribution >= 4 is 12.1 Å². The van der Waals surface area contributed by atoms with Crippen molar-refractivity contribution in [2.24, 2.45) is 0 Å². The van der Waals surface area contributed by atoms with Crippen LogP contribution in [-0.2, 0) is 14.3 Å². The second-order valence-corrected chi connectivity index (χ2v) is 6.12. The normalized spacial score (nSPS) is 13.1. The average molecular weight is 270 g/mol. The summed E-state index contributed by atoms with van der Waals surface area (Å²) in [4.78, 5) is 23.0. The SMILES string of the molecule is CC(C)(C)OC(=O)C[C@H](C#N)NC(=O)OC(C)(C)C. The molecule has 0 saturated heterocycles. The molecule has 0 rings (SSSR count). The lowest BCUT2D eigenvalue weighted by Crippen LogP contribution is -2.40. The number of alkyl carbamates (subject to hydrolysis) is 1. The molecular weight excluding hydrogens is 248 g/mol. The Balaban J connectivity index is 4.35. The van der Waals surface area contributed by atoms with Gasteiger partial charge in [-0.1, -0.05) is 0 Å². The van der Waals surface area contributed by atoms with Crippen LogP contribution in [0.4, 0.5) is 4.79 Å². The lowest BCUT2D eigenvalue weighted by molar-refractivity contribution is -0.155. The van der Waals surface area contributed by atoms with E-state index in [1.807, 2.05) is 6.07 Å². The number of hydrogen-bond acceptors (Lipinski definition) is 5. The summed E-state index contributed by atoms with van der Waals surface area (Å²) in [5.41, 5.74) is -1.28. The Morgan fingerprint density at radius 3 is 1.95 bits per heavy atom. The van der Waals surface area contributed by atoms with E-state index in [0.29, 0.717) is 0 Å². The number of amides is 1. The maximum Gasteiger partial charge on any atom is 0.408 e. The number of hydrogen-bond donors (Lipinski definition) is 1. The Bertz CT molecular complexity index is 342. The van der Waals surface area contributed by atoms with E-state index in [2.05, 4.69) is 5.32 Å². The number of nitrogens with one attached hydrogen (secondary N) is 1. The molecule has 6 nitrogen and oxygen atoms in total. The predicted octanol–water partition coefficient (Wildman–Crippen LogP) is 2.14. The molecule has 1 N–H and O–H groups in total. The highest BCUT2D eigenvalue weighted by Crippen LogP contribution is 2.10. The van der Waals surface area contributed by atoms with Crippen molar-refractivity contribution in [2.75, 3.05) is 0 Å². The zero-order valence-electron chi connectivity index (χ0n) is 12.4. The molecule has 0 radical (unpaired) electrons. The van der Waals surface area contributed by atoms with Gasteiger partial charge in [0.2, 0.25) is 0 Å². The number of rotatable bonds is 3. The van der Waals surface area contributed by atoms with Gasteiger partial charge in [0.15, 0.2) is 0 Å². The highest BCUT2D eigenvalue weighted by atomic mass is 16.6. The van der Waals surface area contributed by atoms with Crippen LogP contribution in [-0.4, -0.2) is 29.3 Å². The quantitative estimate of drug-likeness (QED) is 0.794. The molecule has 0 spiro atoms. The molecule has 6 heteroatoms. The third kappa shape index (κ3) is 9.89. The van der Waals surface area contributed by atoms with Crippen molar-refractivity contribution < 1.29 is 19.1 Å². The second kappa shape index (κ2) is 6.41. The van der Waals surface area contributed by atoms with Crippen molar-refractivity contribution in [1.29, 1.82) is 5.26 Å². The first-order valence-corrected chi connectivity index (χ1v) is 6.04. The van der Waals surface area contributed by atoms with Crippen LogP contribution in [0.2, 0.25) is 0 Å². The molecule has 19 heavy (non-hydrogen) atoms. The minimum absolute atomic E-state index is 0.215. The maximum absolute atomic E-state index is 11.5. The molecule has 0 aromatic rings. The van der Waals surface area contributed by atoms with Gasteiger partial charge in [0.05, 0.1) is 12.5 Å². The zero-order valence-corrected chi connectivity index (χ0v) is 12.4. The first-order valence-electron chi connectivity index (χ1n) is 6.04. The summed E-state index contributed by atoms with van der Waals surface area (Å²) in [5, 5.41) is 11.2. The van der Waals surface area contributed by atoms with Crippen LogP contribution in [0.15, 0.2) is 0 Å². The van der Waals surface area contributed by atoms with Gasteiger partial charge in [-0.2, -0.15) is 5.26 Å². The third-order valence-corrected chi connectivity index (χ3v) is 1.64. The van der Waals surface area contributed by atoms with E-state index in [9.17, 15) is 9.59 Å². The number of ether oxygens (including phenoxy) is 2. The smallest absolute Gasteiger partial charge is 0.408 e. The van der Waals surface area contributed by atoms with E-state index in [0.717, 1.165) is 0 Å². The topological polar surface area (TPSA) is 88.4 Å². The van der Waals surface area contributed by atoms with Crippen molar-refractivity contribution in [3.8, 4) is 6.07 Å². The summed E-state index contributed by atoms with van der Waals surface area (Å²) in [5.74, 6) is -0.546. The summed E-state index contributed by atoms with van der Waals surface area (Å²) in [6.45, 7) is 10.3. The fourth-order valence-corrected chi connectivity index (χ4v) is 1.13. The molecule has 0 aliphatic rings. The average Bonchev–Trinajstić information content (AvgIpc) is 2.10. The van der Waals surface area contributed by atoms with Gasteiger partial charge >= 0.3 is 12.1 Å². The van der Waals surface area contributed by atoms with Gasteiger partial charge in [0.25, 0.3) is 0 Å². The highest BCUT2D eigenvalue weighted by molar-refractivity contribution is 5.74. The monoisotopic (exact) mass is 270 g/mol. The van der Waals surface area contributed by atoms with Crippen LogP contribution >= 0.6 is 0 Å². The molecule has 0 bridgehead atoms. The fraction of sp³-hybridized carbons (Fsp3) is 0.769. The summed E-state index contributed by atoms with van der Waals surface area (Å²) >= 11 is 0. The van der Waals surface area contributed by atoms with Crippen molar-refractivity contribution in [3.05, 3.63) is 0 Å². The zero-order chi connectivity index (χ0) is 15.3. The van der Waals surface area contributed by atoms with E-state index in [1.165, 1.54) is 0 Å². The molecule has 1 amide bonds. The van der Waals surface area contributed by atoms with Gasteiger partial charge < -0.3 is 14.8 Å². The number of carbonyl (C=O) groups excluding carboxylic acids is 2. The predicted molar refractivity (Wildman–Crippen MR) is 69.2 cm³/mol. The summed E-state index contributed by atoms with van der Waals surface area (Å²) in [6.07, 6.45) is -0.949. The molecule has 1 atom stereocenters. The highest BCUT2D eigenvalue weighted by Gasteiger charge is 2.23. The Kier molecular flexibility index (Phi) is 5.81. The standard InChI is InChI=1S/C13H22N2O4/c1-12(2,3)18-10(16)7-9(8-14)15-11(17)19-13(4,5)6/h9H,7H2,1-6H3,(H,15,17)/t9-/m1/s1. The molecule has 0 aliphatic carbocycles. The Hall–Kier alpha value is -1.77. The summed E-state index contributed by atoms with van der Waals surface area (Å²) in [7, 11) is 0. The van der Waals surface area contributed by atoms with Gasteiger partial charge in [-0.25, -0.2) is 4.79 Å². The first kappa shape index (κ1) is 17.2. The van der Waals surface area contributed by atoms with E-state index in [4.69, 9.17) is 14.7 Å². The summed E-state index contributed by atoms with van der Waals surface area (Å²) in [6, 6.07) is 0.855. The number of nitrogens with zero attached hydrogens (tertiary/aromatic N) is 1. The van der Waals surface area contributed by atoms with E-state index in [-0.39, 0.29) is 6.42 Å². The fourth-order valence-electron chi connectivity index (χ4n) is 1.13. The first-order chi connectivity index (χ1) is 8.43. The molecule has 0 aromatic carbocycles. The van der Waals surface area contributed by atoms with Crippen molar-refractivity contribution in [1.82, 2.24) is 5.32 Å². The maximum atomic E-state index is 11.5. The largest absolute Gasteiger partial charge is 0.460 e. The van der Waals surface area contributed by atoms with Crippen LogP contribution in [0.25, 0.3) is 0 Å². The molecule has 0 unspecified atom stereocenters. The second-order valence-electron chi connectivity index (χ2n) is 6.12. The lowest BCUT2D eigenvalue weighted by Gasteiger charge is -2.22. The van der Waals surface area contributed by atoms with Gasteiger partial charge in [0.1, 0.15) is 17.2 Å². The van der Waals surface area contributed by atoms with Crippen LogP contribution < -0.4 is 5.32 Å². The van der Waals surface area contributed by atoms with Crippen LogP contribution in [0.3, 0.4) is 0 Å². The molecule has 0 fully saturated rings. The molecule has 0 aliphatic heterocycles. The molecule has 0 saturated carbocycles. The van der Waals surface area contributed by atoms with E-state index in [1.54, 1.807) is 41.5 Å². The minimum atomic E-state index is -0.968. The van der Waals surface area contributed by atoms with Gasteiger partial charge in [-0.3, -0.25) is 4.79 Å². The van der Waals surface area contributed by atoms with Gasteiger partial charge in [0, 0.05) is 0 Å². The Morgan fingerprint density at radius 2 is 1.58 bits per heavy atom. The van der Waals surface area contributed by atoms with Crippen molar-refractivity contribution in [2.45, 2.75) is 65.2 Å². The Morgan fingerprint density at radius 1 is 1.11 bits per heavy atom. The van der Waals surface area contributed by atoms with Gasteiger partial charge in [-0.05, 0) is 41.5 Å². The number of carbonyl (C=O) groups is 2. The van der Waals surface area contributed by atoms with Gasteiger partial charge in [-0.15, -0.1) is 0 Å². The molecular formula is C13H22N2O4. The van der Waals surface area contributed by atoms with Crippen molar-refractivity contribution in [3.63, 3.8) is 0 Å². The summed E-state index contributed by atoms with van der Waals surface area (Å²) < 4.78 is 10.1. The molecule has 0 aromatic heterocycles. The number of esters is 1. The van der Waals surface area contributed by atoms with Crippen LogP contribution in [0, 0.1) is 11.3 Å². The minimum Gasteiger partial charge on any atom is -0.460 e. The molecule has 108 valence electrons. The molecule has 0 heterocycles. The van der Waals surface area contributed by atoms with Crippen LogP contribution in [0.5, 0.6) is 0 Å². The lowest BCUT2D eigenvalue weighted by atomic mass is 10.2.